The number of piperidine rings is 1. The normalized spacial score (nSPS) is 18.7. The van der Waals surface area contributed by atoms with Crippen LogP contribution in [0.25, 0.3) is 10.8 Å². The number of anilines is 1. The van der Waals surface area contributed by atoms with E-state index >= 15 is 0 Å². The van der Waals surface area contributed by atoms with Crippen LogP contribution in [0.1, 0.15) is 46.2 Å². The van der Waals surface area contributed by atoms with E-state index in [0.717, 1.165) is 29.8 Å². The molecule has 2 fully saturated rings. The molecule has 212 valence electrons. The molecule has 1 aromatic carbocycles. The lowest BCUT2D eigenvalue weighted by Crippen LogP contribution is -2.36. The second-order valence-corrected chi connectivity index (χ2v) is 11.9. The Balaban J connectivity index is 0.000000196. The predicted molar refractivity (Wildman–Crippen MR) is 158 cm³/mol. The van der Waals surface area contributed by atoms with E-state index in [-0.39, 0.29) is 12.5 Å². The third kappa shape index (κ3) is 7.80. The Kier molecular flexibility index (Phi) is 10.7. The van der Waals surface area contributed by atoms with Gasteiger partial charge in [0.15, 0.2) is 0 Å². The fourth-order valence-corrected chi connectivity index (χ4v) is 5.10. The molecular weight excluding hydrogens is 549 g/mol. The van der Waals surface area contributed by atoms with E-state index in [9.17, 15) is 9.59 Å². The summed E-state index contributed by atoms with van der Waals surface area (Å²) in [6, 6.07) is 6.65. The van der Waals surface area contributed by atoms with Crippen molar-refractivity contribution in [1.82, 2.24) is 25.2 Å². The first-order valence-corrected chi connectivity index (χ1v) is 13.9. The minimum atomic E-state index is -0.747. The lowest BCUT2D eigenvalue weighted by atomic mass is 10.0. The third-order valence-electron chi connectivity index (χ3n) is 6.95. The van der Waals surface area contributed by atoms with Crippen molar-refractivity contribution >= 4 is 52.1 Å². The number of hydrogen-bond donors (Lipinski definition) is 2. The first-order valence-electron chi connectivity index (χ1n) is 13.1. The number of nitrogens with one attached hydrogen (secondary N) is 2. The van der Waals surface area contributed by atoms with Gasteiger partial charge in [0.1, 0.15) is 17.0 Å². The van der Waals surface area contributed by atoms with E-state index in [0.29, 0.717) is 45.2 Å². The second-order valence-electron chi connectivity index (χ2n) is 11.1. The van der Waals surface area contributed by atoms with Crippen LogP contribution >= 0.6 is 23.2 Å². The summed E-state index contributed by atoms with van der Waals surface area (Å²) in [5.41, 5.74) is 1.04. The smallest absolute Gasteiger partial charge is 0.241 e. The van der Waals surface area contributed by atoms with E-state index in [2.05, 4.69) is 60.2 Å². The van der Waals surface area contributed by atoms with E-state index in [4.69, 9.17) is 28.5 Å². The topological polar surface area (TPSA) is 124 Å². The lowest BCUT2D eigenvalue weighted by Gasteiger charge is -2.22. The van der Waals surface area contributed by atoms with Crippen molar-refractivity contribution in [2.24, 2.45) is 23.2 Å². The Morgan fingerprint density at radius 3 is 2.40 bits per heavy atom. The van der Waals surface area contributed by atoms with Gasteiger partial charge in [-0.1, -0.05) is 70.0 Å². The summed E-state index contributed by atoms with van der Waals surface area (Å²) in [7, 11) is 0. The Morgan fingerprint density at radius 2 is 1.82 bits per heavy atom. The number of nitriles is 1. The summed E-state index contributed by atoms with van der Waals surface area (Å²) in [6.45, 7) is 13.1. The van der Waals surface area contributed by atoms with Crippen LogP contribution in [0.4, 0.5) is 5.82 Å². The van der Waals surface area contributed by atoms with Crippen LogP contribution in [-0.4, -0.2) is 51.8 Å². The fraction of sp³-hybridized carbons (Fsp3) is 0.448. The highest BCUT2D eigenvalue weighted by atomic mass is 35.5. The van der Waals surface area contributed by atoms with Crippen molar-refractivity contribution < 1.29 is 9.59 Å². The van der Waals surface area contributed by atoms with Crippen LogP contribution in [0.5, 0.6) is 0 Å². The zero-order valence-corrected chi connectivity index (χ0v) is 24.9. The Morgan fingerprint density at radius 1 is 1.15 bits per heavy atom. The van der Waals surface area contributed by atoms with Crippen molar-refractivity contribution in [2.45, 2.75) is 40.7 Å². The van der Waals surface area contributed by atoms with E-state index in [1.165, 1.54) is 12.4 Å². The van der Waals surface area contributed by atoms with Gasteiger partial charge in [0.25, 0.3) is 0 Å². The summed E-state index contributed by atoms with van der Waals surface area (Å²) in [4.78, 5) is 36.4. The summed E-state index contributed by atoms with van der Waals surface area (Å²) in [6.07, 6.45) is 6.68. The SMILES string of the molecule is CC(C)C.CC1(C)C2CN(C(=O)CNc3cnc(Cl)cn3)CC21.N#CC(NC=O)c1cncc2cccc(Cl)c12. The molecule has 0 radical (unpaired) electrons. The van der Waals surface area contributed by atoms with Crippen molar-refractivity contribution in [1.29, 1.82) is 5.26 Å². The molecule has 3 atom stereocenters. The molecule has 3 aromatic rings. The number of hydrogen-bond acceptors (Lipinski definition) is 7. The number of likely N-dealkylation sites (tertiary alicyclic amines) is 1. The summed E-state index contributed by atoms with van der Waals surface area (Å²) in [5.74, 6) is 2.90. The average molecular weight is 585 g/mol. The molecule has 1 aliphatic heterocycles. The largest absolute Gasteiger partial charge is 0.360 e. The predicted octanol–water partition coefficient (Wildman–Crippen LogP) is 5.52. The Labute approximate surface area is 245 Å². The molecule has 5 rings (SSSR count). The second kappa shape index (κ2) is 13.7. The van der Waals surface area contributed by atoms with Crippen LogP contribution in [-0.2, 0) is 9.59 Å². The maximum atomic E-state index is 12.1. The number of nitrogens with zero attached hydrogens (tertiary/aromatic N) is 5. The van der Waals surface area contributed by atoms with Crippen LogP contribution in [0.3, 0.4) is 0 Å². The van der Waals surface area contributed by atoms with Crippen molar-refractivity contribution in [3.8, 4) is 6.07 Å². The first kappa shape index (κ1) is 31.1. The number of pyridine rings is 1. The van der Waals surface area contributed by atoms with Crippen molar-refractivity contribution in [3.63, 3.8) is 0 Å². The first-order chi connectivity index (χ1) is 19.0. The maximum absolute atomic E-state index is 12.1. The molecule has 1 aliphatic carbocycles. The molecule has 2 aromatic heterocycles. The number of carbonyl (C=O) groups is 2. The van der Waals surface area contributed by atoms with Gasteiger partial charge in [-0.25, -0.2) is 9.97 Å². The van der Waals surface area contributed by atoms with Gasteiger partial charge in [0, 0.05) is 46.8 Å². The van der Waals surface area contributed by atoms with Gasteiger partial charge < -0.3 is 15.5 Å². The van der Waals surface area contributed by atoms with Crippen molar-refractivity contribution in [3.05, 3.63) is 58.7 Å². The standard InChI is InChI=1S/C13H17ClN4O.C12H8ClN3O.C4H10/c1-13(2)8-6-18(7-9(8)13)12(19)5-17-11-4-15-10(14)3-16-11;13-10-3-1-2-8-5-15-6-9(12(8)10)11(4-14)16-7-17;1-4(2)3/h3-4,8-9H,5-7H2,1-2H3,(H,16,17);1-3,5-7,11H,(H,16,17);4H,1-3H3. The highest BCUT2D eigenvalue weighted by Crippen LogP contribution is 2.61. The number of halogens is 2. The number of carbonyl (C=O) groups excluding carboxylic acids is 2. The number of rotatable bonds is 6. The number of amides is 2. The molecule has 3 heterocycles. The summed E-state index contributed by atoms with van der Waals surface area (Å²) in [5, 5.41) is 16.9. The van der Waals surface area contributed by atoms with Gasteiger partial charge in [-0.05, 0) is 29.2 Å². The van der Waals surface area contributed by atoms with Gasteiger partial charge in [0.05, 0.1) is 25.0 Å². The highest BCUT2D eigenvalue weighted by Gasteiger charge is 2.62. The van der Waals surface area contributed by atoms with E-state index in [1.807, 2.05) is 23.1 Å². The van der Waals surface area contributed by atoms with Gasteiger partial charge in [0.2, 0.25) is 12.3 Å². The maximum Gasteiger partial charge on any atom is 0.241 e. The van der Waals surface area contributed by atoms with Crippen LogP contribution in [0.15, 0.2) is 43.0 Å². The van der Waals surface area contributed by atoms with Gasteiger partial charge >= 0.3 is 0 Å². The average Bonchev–Trinajstić information content (AvgIpc) is 3.22. The number of fused-ring (bicyclic) bond motifs is 2. The zero-order chi connectivity index (χ0) is 29.4. The van der Waals surface area contributed by atoms with Crippen LogP contribution in [0.2, 0.25) is 10.2 Å². The summed E-state index contributed by atoms with van der Waals surface area (Å²) >= 11 is 11.8. The van der Waals surface area contributed by atoms with Gasteiger partial charge in [-0.15, -0.1) is 0 Å². The minimum absolute atomic E-state index is 0.125. The molecular formula is C29H35Cl2N7O2. The minimum Gasteiger partial charge on any atom is -0.360 e. The quantitative estimate of drug-likeness (QED) is 0.366. The van der Waals surface area contributed by atoms with E-state index < -0.39 is 6.04 Å². The third-order valence-corrected chi connectivity index (χ3v) is 7.46. The summed E-state index contributed by atoms with van der Waals surface area (Å²) < 4.78 is 0. The Hall–Kier alpha value is -3.48. The van der Waals surface area contributed by atoms with Crippen molar-refractivity contribution in [2.75, 3.05) is 25.0 Å². The molecule has 2 N–H and O–H groups in total. The molecule has 2 amide bonds. The molecule has 3 unspecified atom stereocenters. The molecule has 1 saturated heterocycles. The molecule has 9 nitrogen and oxygen atoms in total. The zero-order valence-electron chi connectivity index (χ0n) is 23.4. The van der Waals surface area contributed by atoms with Crippen LogP contribution in [0, 0.1) is 34.5 Å². The van der Waals surface area contributed by atoms with Gasteiger partial charge in [-0.3, -0.25) is 14.6 Å². The molecule has 0 bridgehead atoms. The van der Waals surface area contributed by atoms with Gasteiger partial charge in [-0.2, -0.15) is 5.26 Å². The number of aromatic nitrogens is 3. The molecule has 2 aliphatic rings. The monoisotopic (exact) mass is 583 g/mol. The highest BCUT2D eigenvalue weighted by molar-refractivity contribution is 6.35. The number of benzene rings is 1. The van der Waals surface area contributed by atoms with E-state index in [1.54, 1.807) is 18.5 Å². The Bertz CT molecular complexity index is 1340. The molecule has 40 heavy (non-hydrogen) atoms. The molecule has 1 saturated carbocycles. The molecule has 0 spiro atoms. The fourth-order valence-electron chi connectivity index (χ4n) is 4.72. The lowest BCUT2D eigenvalue weighted by molar-refractivity contribution is -0.129. The molecule has 11 heteroatoms. The van der Waals surface area contributed by atoms with Crippen LogP contribution < -0.4 is 10.6 Å².